The van der Waals surface area contributed by atoms with Crippen molar-refractivity contribution in [3.63, 3.8) is 0 Å². The minimum absolute atomic E-state index is 0.386. The van der Waals surface area contributed by atoms with Crippen LogP contribution in [0.1, 0.15) is 20.3 Å². The summed E-state index contributed by atoms with van der Waals surface area (Å²) < 4.78 is 0. The van der Waals surface area contributed by atoms with Gasteiger partial charge in [-0.2, -0.15) is 0 Å². The SMILES string of the molecule is C=CCC(O)/C=C\C=C(C)C. The maximum absolute atomic E-state index is 9.17. The smallest absolute Gasteiger partial charge is 0.0758 e. The molecule has 1 N–H and O–H groups in total. The maximum Gasteiger partial charge on any atom is 0.0758 e. The third kappa shape index (κ3) is 7.07. The van der Waals surface area contributed by atoms with E-state index >= 15 is 0 Å². The van der Waals surface area contributed by atoms with E-state index in [1.807, 2.05) is 26.0 Å². The summed E-state index contributed by atoms with van der Waals surface area (Å²) in [6, 6.07) is 0. The van der Waals surface area contributed by atoms with E-state index in [4.69, 9.17) is 0 Å². The summed E-state index contributed by atoms with van der Waals surface area (Å²) in [6.07, 6.45) is 7.53. The number of rotatable bonds is 4. The average Bonchev–Trinajstić information content (AvgIpc) is 1.87. The quantitative estimate of drug-likeness (QED) is 0.484. The molecule has 0 saturated heterocycles. The number of hydrogen-bond donors (Lipinski definition) is 1. The summed E-state index contributed by atoms with van der Waals surface area (Å²) in [5.41, 5.74) is 1.23. The Kier molecular flexibility index (Phi) is 5.49. The van der Waals surface area contributed by atoms with E-state index in [1.54, 1.807) is 12.2 Å². The summed E-state index contributed by atoms with van der Waals surface area (Å²) >= 11 is 0. The lowest BCUT2D eigenvalue weighted by molar-refractivity contribution is 0.227. The van der Waals surface area contributed by atoms with Gasteiger partial charge in [-0.25, -0.2) is 0 Å². The van der Waals surface area contributed by atoms with Crippen LogP contribution in [0.2, 0.25) is 0 Å². The fourth-order valence-electron chi connectivity index (χ4n) is 0.626. The fourth-order valence-corrected chi connectivity index (χ4v) is 0.626. The lowest BCUT2D eigenvalue weighted by Crippen LogP contribution is -1.98. The molecule has 62 valence electrons. The van der Waals surface area contributed by atoms with Crippen LogP contribution in [0.15, 0.2) is 36.5 Å². The Morgan fingerprint density at radius 1 is 1.55 bits per heavy atom. The summed E-state index contributed by atoms with van der Waals surface area (Å²) in [6.45, 7) is 7.57. The number of hydrogen-bond acceptors (Lipinski definition) is 1. The van der Waals surface area contributed by atoms with Crippen molar-refractivity contribution in [3.8, 4) is 0 Å². The maximum atomic E-state index is 9.17. The van der Waals surface area contributed by atoms with Gasteiger partial charge in [0.15, 0.2) is 0 Å². The molecule has 0 radical (unpaired) electrons. The minimum atomic E-state index is -0.386. The van der Waals surface area contributed by atoms with E-state index in [2.05, 4.69) is 6.58 Å². The molecule has 0 aromatic carbocycles. The van der Waals surface area contributed by atoms with E-state index < -0.39 is 0 Å². The number of allylic oxidation sites excluding steroid dienone is 3. The highest BCUT2D eigenvalue weighted by atomic mass is 16.3. The van der Waals surface area contributed by atoms with Crippen molar-refractivity contribution >= 4 is 0 Å². The van der Waals surface area contributed by atoms with Gasteiger partial charge in [-0.3, -0.25) is 0 Å². The Bertz CT molecular complexity index is 162. The van der Waals surface area contributed by atoms with E-state index in [0.29, 0.717) is 6.42 Å². The van der Waals surface area contributed by atoms with Crippen LogP contribution >= 0.6 is 0 Å². The van der Waals surface area contributed by atoms with Gasteiger partial charge in [-0.1, -0.05) is 29.9 Å². The zero-order valence-corrected chi connectivity index (χ0v) is 7.25. The van der Waals surface area contributed by atoms with Crippen LogP contribution in [-0.2, 0) is 0 Å². The zero-order chi connectivity index (χ0) is 8.69. The molecule has 0 saturated carbocycles. The Balaban J connectivity index is 3.73. The highest BCUT2D eigenvalue weighted by Crippen LogP contribution is 1.95. The van der Waals surface area contributed by atoms with Crippen molar-refractivity contribution in [2.75, 3.05) is 0 Å². The Morgan fingerprint density at radius 2 is 2.18 bits per heavy atom. The Hall–Kier alpha value is -0.820. The first-order chi connectivity index (χ1) is 5.16. The van der Waals surface area contributed by atoms with Crippen molar-refractivity contribution in [2.24, 2.45) is 0 Å². The number of aliphatic hydroxyl groups excluding tert-OH is 1. The van der Waals surface area contributed by atoms with E-state index in [-0.39, 0.29) is 6.10 Å². The van der Waals surface area contributed by atoms with Gasteiger partial charge in [-0.05, 0) is 20.3 Å². The topological polar surface area (TPSA) is 20.2 Å². The largest absolute Gasteiger partial charge is 0.389 e. The molecule has 0 aromatic heterocycles. The predicted molar refractivity (Wildman–Crippen MR) is 49.4 cm³/mol. The van der Waals surface area contributed by atoms with Gasteiger partial charge in [0.2, 0.25) is 0 Å². The van der Waals surface area contributed by atoms with Crippen molar-refractivity contribution in [1.82, 2.24) is 0 Å². The molecule has 1 heteroatoms. The van der Waals surface area contributed by atoms with Gasteiger partial charge in [0.1, 0.15) is 0 Å². The zero-order valence-electron chi connectivity index (χ0n) is 7.25. The van der Waals surface area contributed by atoms with Crippen LogP contribution in [0.5, 0.6) is 0 Å². The molecular formula is C10H16O. The second kappa shape index (κ2) is 5.93. The lowest BCUT2D eigenvalue weighted by Gasteiger charge is -1.97. The van der Waals surface area contributed by atoms with Crippen molar-refractivity contribution in [3.05, 3.63) is 36.5 Å². The predicted octanol–water partition coefficient (Wildman–Crippen LogP) is 2.45. The van der Waals surface area contributed by atoms with Gasteiger partial charge in [0, 0.05) is 0 Å². The summed E-state index contributed by atoms with van der Waals surface area (Å²) in [5.74, 6) is 0. The van der Waals surface area contributed by atoms with Crippen LogP contribution in [0.4, 0.5) is 0 Å². The highest BCUT2D eigenvalue weighted by Gasteiger charge is 1.91. The molecule has 1 atom stereocenters. The van der Waals surface area contributed by atoms with Gasteiger partial charge < -0.3 is 5.11 Å². The second-order valence-corrected chi connectivity index (χ2v) is 2.72. The molecule has 0 rings (SSSR count). The molecule has 0 amide bonds. The normalized spacial score (nSPS) is 13.0. The Morgan fingerprint density at radius 3 is 2.64 bits per heavy atom. The van der Waals surface area contributed by atoms with Crippen molar-refractivity contribution < 1.29 is 5.11 Å². The highest BCUT2D eigenvalue weighted by molar-refractivity contribution is 5.10. The van der Waals surface area contributed by atoms with Gasteiger partial charge in [-0.15, -0.1) is 6.58 Å². The molecular weight excluding hydrogens is 136 g/mol. The minimum Gasteiger partial charge on any atom is -0.389 e. The van der Waals surface area contributed by atoms with E-state index in [1.165, 1.54) is 5.57 Å². The fraction of sp³-hybridized carbons (Fsp3) is 0.400. The van der Waals surface area contributed by atoms with Crippen LogP contribution in [0.3, 0.4) is 0 Å². The van der Waals surface area contributed by atoms with E-state index in [9.17, 15) is 5.11 Å². The van der Waals surface area contributed by atoms with Crippen molar-refractivity contribution in [1.29, 1.82) is 0 Å². The third-order valence-corrected chi connectivity index (χ3v) is 1.17. The standard InChI is InChI=1S/C10H16O/c1-4-6-10(11)8-5-7-9(2)3/h4-5,7-8,10-11H,1,6H2,2-3H3/b8-5-. The summed E-state index contributed by atoms with van der Waals surface area (Å²) in [4.78, 5) is 0. The first-order valence-electron chi connectivity index (χ1n) is 3.77. The van der Waals surface area contributed by atoms with E-state index in [0.717, 1.165) is 0 Å². The van der Waals surface area contributed by atoms with Crippen LogP contribution in [0, 0.1) is 0 Å². The second-order valence-electron chi connectivity index (χ2n) is 2.72. The summed E-state index contributed by atoms with van der Waals surface area (Å²) in [7, 11) is 0. The van der Waals surface area contributed by atoms with Crippen LogP contribution in [0.25, 0.3) is 0 Å². The molecule has 0 aliphatic heterocycles. The molecule has 0 heterocycles. The molecule has 0 aliphatic carbocycles. The molecule has 1 unspecified atom stereocenters. The third-order valence-electron chi connectivity index (χ3n) is 1.17. The molecule has 0 spiro atoms. The molecule has 0 aromatic rings. The lowest BCUT2D eigenvalue weighted by atomic mass is 10.2. The molecule has 1 nitrogen and oxygen atoms in total. The van der Waals surface area contributed by atoms with Gasteiger partial charge >= 0.3 is 0 Å². The molecule has 0 bridgehead atoms. The molecule has 0 fully saturated rings. The first kappa shape index (κ1) is 10.2. The van der Waals surface area contributed by atoms with Gasteiger partial charge in [0.05, 0.1) is 6.10 Å². The monoisotopic (exact) mass is 152 g/mol. The summed E-state index contributed by atoms with van der Waals surface area (Å²) in [5, 5.41) is 9.17. The van der Waals surface area contributed by atoms with Crippen LogP contribution in [-0.4, -0.2) is 11.2 Å². The number of aliphatic hydroxyl groups is 1. The Labute approximate surface area is 68.7 Å². The average molecular weight is 152 g/mol. The molecule has 0 aliphatic rings. The van der Waals surface area contributed by atoms with Crippen LogP contribution < -0.4 is 0 Å². The first-order valence-corrected chi connectivity index (χ1v) is 3.77. The van der Waals surface area contributed by atoms with Gasteiger partial charge in [0.25, 0.3) is 0 Å². The van der Waals surface area contributed by atoms with Crippen molar-refractivity contribution in [2.45, 2.75) is 26.4 Å². The molecule has 11 heavy (non-hydrogen) atoms.